The number of hydrogen-bond donors (Lipinski definition) is 3. The van der Waals surface area contributed by atoms with Crippen molar-refractivity contribution in [1.29, 1.82) is 0 Å². The fourth-order valence-electron chi connectivity index (χ4n) is 5.88. The molecule has 0 saturated heterocycles. The Kier molecular flexibility index (Phi) is 13.2. The molecule has 0 bridgehead atoms. The molecular weight excluding hydrogens is 681 g/mol. The van der Waals surface area contributed by atoms with Crippen LogP contribution in [0.15, 0.2) is 96.2 Å². The number of allylic oxidation sites excluding steroid dienone is 2. The van der Waals surface area contributed by atoms with Gasteiger partial charge in [-0.05, 0) is 84.3 Å². The van der Waals surface area contributed by atoms with E-state index in [0.29, 0.717) is 46.1 Å². The molecule has 272 valence electrons. The Balaban J connectivity index is 1.18. The molecule has 0 saturated carbocycles. The molecular formula is C41H44N2O8S. The molecule has 2 amide bonds. The third kappa shape index (κ3) is 10.3. The highest BCUT2D eigenvalue weighted by atomic mass is 32.1. The molecule has 2 unspecified atom stereocenters. The maximum atomic E-state index is 13.4. The third-order valence-corrected chi connectivity index (χ3v) is 9.73. The average Bonchev–Trinajstić information content (AvgIpc) is 3.58. The molecule has 0 fully saturated rings. The summed E-state index contributed by atoms with van der Waals surface area (Å²) in [6.45, 7) is 4.72. The van der Waals surface area contributed by atoms with Crippen molar-refractivity contribution in [2.45, 2.75) is 64.8 Å². The van der Waals surface area contributed by atoms with E-state index in [0.717, 1.165) is 22.9 Å². The minimum Gasteiger partial charge on any atom is -0.494 e. The normalized spacial score (nSPS) is 14.5. The van der Waals surface area contributed by atoms with E-state index in [2.05, 4.69) is 17.6 Å². The van der Waals surface area contributed by atoms with Gasteiger partial charge in [0.15, 0.2) is 11.5 Å². The summed E-state index contributed by atoms with van der Waals surface area (Å²) in [4.78, 5) is 52.1. The van der Waals surface area contributed by atoms with Gasteiger partial charge in [-0.2, -0.15) is 0 Å². The number of benzene rings is 3. The number of thiophene rings is 1. The molecule has 2 atom stereocenters. The maximum absolute atomic E-state index is 13.4. The standard InChI is InChI=1S/C41H44N2O8S/c1-4-5-6-7-10-19-50-32-16-14-28(15-17-32)41(48)51-34-18-13-27(23-35(34)49-3)22-33(40(46)47)43-38(44)30-20-26(2)21-31(24-30)42-39(45)37-25-29-11-8-9-12-36(29)52-37/h8-9,11-18,21,23-26,33H,4-7,10,19-20,22H2,1-3H3,(H,42,45)(H,43,44)(H,46,47). The molecule has 1 aliphatic carbocycles. The van der Waals surface area contributed by atoms with Crippen LogP contribution >= 0.6 is 11.3 Å². The Labute approximate surface area is 307 Å². The first-order valence-electron chi connectivity index (χ1n) is 17.5. The molecule has 1 aliphatic rings. The fourth-order valence-corrected chi connectivity index (χ4v) is 6.84. The molecule has 52 heavy (non-hydrogen) atoms. The number of hydrogen-bond acceptors (Lipinski definition) is 8. The van der Waals surface area contributed by atoms with E-state index in [1.54, 1.807) is 42.5 Å². The van der Waals surface area contributed by atoms with Crippen molar-refractivity contribution in [3.8, 4) is 17.2 Å². The van der Waals surface area contributed by atoms with Crippen LogP contribution in [0.25, 0.3) is 10.1 Å². The van der Waals surface area contributed by atoms with Crippen molar-refractivity contribution in [2.75, 3.05) is 13.7 Å². The van der Waals surface area contributed by atoms with Crippen LogP contribution in [0.2, 0.25) is 0 Å². The number of unbranched alkanes of at least 4 members (excludes halogenated alkanes) is 4. The monoisotopic (exact) mass is 724 g/mol. The Bertz CT molecular complexity index is 1930. The van der Waals surface area contributed by atoms with E-state index < -0.39 is 23.9 Å². The number of nitrogens with one attached hydrogen (secondary N) is 2. The van der Waals surface area contributed by atoms with Gasteiger partial charge in [-0.25, -0.2) is 9.59 Å². The van der Waals surface area contributed by atoms with Crippen LogP contribution in [0.5, 0.6) is 17.2 Å². The van der Waals surface area contributed by atoms with Gasteiger partial charge in [0.1, 0.15) is 11.8 Å². The summed E-state index contributed by atoms with van der Waals surface area (Å²) >= 11 is 1.38. The molecule has 3 N–H and O–H groups in total. The molecule has 4 aromatic rings. The van der Waals surface area contributed by atoms with Gasteiger partial charge in [0.25, 0.3) is 5.91 Å². The van der Waals surface area contributed by atoms with Gasteiger partial charge in [-0.1, -0.05) is 69.9 Å². The second kappa shape index (κ2) is 18.2. The average molecular weight is 725 g/mol. The van der Waals surface area contributed by atoms with Crippen LogP contribution in [0.4, 0.5) is 0 Å². The molecule has 0 spiro atoms. The molecule has 0 aliphatic heterocycles. The van der Waals surface area contributed by atoms with E-state index in [9.17, 15) is 24.3 Å². The van der Waals surface area contributed by atoms with Crippen molar-refractivity contribution < 1.29 is 38.5 Å². The highest BCUT2D eigenvalue weighted by Gasteiger charge is 2.26. The third-order valence-electron chi connectivity index (χ3n) is 8.62. The van der Waals surface area contributed by atoms with Gasteiger partial charge in [0.2, 0.25) is 5.91 Å². The molecule has 0 radical (unpaired) electrons. The lowest BCUT2D eigenvalue weighted by molar-refractivity contribution is -0.141. The zero-order valence-corrected chi connectivity index (χ0v) is 30.4. The van der Waals surface area contributed by atoms with E-state index >= 15 is 0 Å². The largest absolute Gasteiger partial charge is 0.494 e. The van der Waals surface area contributed by atoms with Crippen LogP contribution in [0.3, 0.4) is 0 Å². The second-order valence-electron chi connectivity index (χ2n) is 12.8. The first-order valence-corrected chi connectivity index (χ1v) is 18.3. The first kappa shape index (κ1) is 37.8. The second-order valence-corrected chi connectivity index (χ2v) is 13.9. The molecule has 1 aromatic heterocycles. The summed E-state index contributed by atoms with van der Waals surface area (Å²) in [7, 11) is 1.42. The summed E-state index contributed by atoms with van der Waals surface area (Å²) in [5.41, 5.74) is 1.71. The minimum absolute atomic E-state index is 0.0556. The Morgan fingerprint density at radius 2 is 1.69 bits per heavy atom. The van der Waals surface area contributed by atoms with Gasteiger partial charge >= 0.3 is 11.9 Å². The SMILES string of the molecule is CCCCCCCOc1ccc(C(=O)Oc2ccc(CC(NC(=O)C3=CC(NC(=O)c4cc5ccccc5s4)=CC(C)C3)C(=O)O)cc2OC)cc1. The first-order chi connectivity index (χ1) is 25.1. The number of methoxy groups -OCH3 is 1. The highest BCUT2D eigenvalue weighted by Crippen LogP contribution is 2.30. The fraction of sp³-hybridized carbons (Fsp3) is 0.317. The predicted octanol–water partition coefficient (Wildman–Crippen LogP) is 7.87. The number of fused-ring (bicyclic) bond motifs is 1. The van der Waals surface area contributed by atoms with Crippen molar-refractivity contribution in [1.82, 2.24) is 10.6 Å². The van der Waals surface area contributed by atoms with E-state index in [4.69, 9.17) is 14.2 Å². The highest BCUT2D eigenvalue weighted by molar-refractivity contribution is 7.20. The number of rotatable bonds is 17. The molecule has 11 heteroatoms. The Morgan fingerprint density at radius 1 is 0.923 bits per heavy atom. The molecule has 5 rings (SSSR count). The maximum Gasteiger partial charge on any atom is 0.343 e. The predicted molar refractivity (Wildman–Crippen MR) is 201 cm³/mol. The van der Waals surface area contributed by atoms with Crippen molar-refractivity contribution in [3.05, 3.63) is 112 Å². The van der Waals surface area contributed by atoms with Crippen molar-refractivity contribution >= 4 is 45.2 Å². The van der Waals surface area contributed by atoms with Crippen LogP contribution in [0, 0.1) is 5.92 Å². The van der Waals surface area contributed by atoms with Gasteiger partial charge in [-0.3, -0.25) is 9.59 Å². The molecule has 1 heterocycles. The molecule has 10 nitrogen and oxygen atoms in total. The topological polar surface area (TPSA) is 140 Å². The van der Waals surface area contributed by atoms with E-state index in [1.807, 2.05) is 43.3 Å². The summed E-state index contributed by atoms with van der Waals surface area (Å²) in [5.74, 6) is -1.62. The van der Waals surface area contributed by atoms with E-state index in [-0.39, 0.29) is 29.7 Å². The summed E-state index contributed by atoms with van der Waals surface area (Å²) < 4.78 is 17.9. The lowest BCUT2D eigenvalue weighted by Gasteiger charge is -2.21. The zero-order valence-electron chi connectivity index (χ0n) is 29.6. The van der Waals surface area contributed by atoms with Gasteiger partial charge in [0.05, 0.1) is 24.2 Å². The smallest absolute Gasteiger partial charge is 0.343 e. The number of esters is 1. The van der Waals surface area contributed by atoms with Crippen molar-refractivity contribution in [2.24, 2.45) is 5.92 Å². The summed E-state index contributed by atoms with van der Waals surface area (Å²) in [6.07, 6.45) is 9.49. The van der Waals surface area contributed by atoms with E-state index in [1.165, 1.54) is 43.8 Å². The number of carbonyl (C=O) groups is 4. The lowest BCUT2D eigenvalue weighted by Crippen LogP contribution is -2.43. The lowest BCUT2D eigenvalue weighted by atomic mass is 9.93. The number of carboxylic acid groups (broad SMARTS) is 1. The van der Waals surface area contributed by atoms with Crippen LogP contribution < -0.4 is 24.8 Å². The quantitative estimate of drug-likeness (QED) is 0.0568. The Morgan fingerprint density at radius 3 is 2.42 bits per heavy atom. The van der Waals surface area contributed by atoms with Crippen LogP contribution in [-0.4, -0.2) is 48.6 Å². The van der Waals surface area contributed by atoms with Crippen molar-refractivity contribution in [3.63, 3.8) is 0 Å². The Hall–Kier alpha value is -5.42. The minimum atomic E-state index is -1.26. The number of carbonyl (C=O) groups excluding carboxylic acids is 3. The number of amides is 2. The van der Waals surface area contributed by atoms with Crippen LogP contribution in [-0.2, 0) is 16.0 Å². The number of aliphatic carboxylic acids is 1. The zero-order chi connectivity index (χ0) is 37.0. The molecule has 3 aromatic carbocycles. The number of ether oxygens (including phenoxy) is 3. The van der Waals surface area contributed by atoms with Crippen LogP contribution in [0.1, 0.15) is 78.0 Å². The van der Waals surface area contributed by atoms with Gasteiger partial charge in [0, 0.05) is 22.4 Å². The van der Waals surface area contributed by atoms with Gasteiger partial charge < -0.3 is 30.0 Å². The summed E-state index contributed by atoms with van der Waals surface area (Å²) in [6, 6.07) is 19.8. The van der Waals surface area contributed by atoms with Gasteiger partial charge in [-0.15, -0.1) is 11.3 Å². The summed E-state index contributed by atoms with van der Waals surface area (Å²) in [5, 5.41) is 16.5. The number of carboxylic acids is 1.